The number of benzene rings is 2. The lowest BCUT2D eigenvalue weighted by atomic mass is 9.48. The lowest BCUT2D eigenvalue weighted by molar-refractivity contribution is -0.140. The van der Waals surface area contributed by atoms with Gasteiger partial charge in [0.2, 0.25) is 21.8 Å². The zero-order valence-corrected chi connectivity index (χ0v) is 27.0. The molecule has 9 heteroatoms. The van der Waals surface area contributed by atoms with Gasteiger partial charge in [-0.15, -0.1) is 0 Å². The van der Waals surface area contributed by atoms with Crippen LogP contribution in [0.15, 0.2) is 48.5 Å². The number of nitrogens with one attached hydrogen (secondary N) is 1. The van der Waals surface area contributed by atoms with Crippen LogP contribution in [0.4, 0.5) is 5.69 Å². The molecule has 1 atom stereocenters. The highest BCUT2D eigenvalue weighted by Crippen LogP contribution is 2.60. The summed E-state index contributed by atoms with van der Waals surface area (Å²) in [6, 6.07) is 14.1. The van der Waals surface area contributed by atoms with Gasteiger partial charge < -0.3 is 10.2 Å². The third kappa shape index (κ3) is 6.80. The Bertz CT molecular complexity index is 1380. The first-order valence-electron chi connectivity index (χ1n) is 15.1. The molecule has 2 aromatic carbocycles. The van der Waals surface area contributed by atoms with Crippen LogP contribution in [0.5, 0.6) is 0 Å². The van der Waals surface area contributed by atoms with Crippen molar-refractivity contribution in [3.63, 3.8) is 0 Å². The van der Waals surface area contributed by atoms with Gasteiger partial charge in [0.15, 0.2) is 0 Å². The highest BCUT2D eigenvalue weighted by molar-refractivity contribution is 7.92. The number of carbonyl (C=O) groups is 2. The molecule has 1 N–H and O–H groups in total. The van der Waals surface area contributed by atoms with Crippen LogP contribution in [-0.4, -0.2) is 49.5 Å². The molecule has 1 unspecified atom stereocenters. The van der Waals surface area contributed by atoms with Crippen molar-refractivity contribution < 1.29 is 18.0 Å². The monoisotopic (exact) mass is 613 g/mol. The van der Waals surface area contributed by atoms with E-state index in [1.165, 1.54) is 49.0 Å². The summed E-state index contributed by atoms with van der Waals surface area (Å²) in [5, 5.41) is 3.50. The van der Waals surface area contributed by atoms with Gasteiger partial charge in [-0.2, -0.15) is 0 Å². The summed E-state index contributed by atoms with van der Waals surface area (Å²) < 4.78 is 27.2. The fraction of sp³-hybridized carbons (Fsp3) is 0.576. The van der Waals surface area contributed by atoms with E-state index in [0.717, 1.165) is 33.9 Å². The zero-order valence-electron chi connectivity index (χ0n) is 25.4. The minimum Gasteiger partial charge on any atom is -0.350 e. The van der Waals surface area contributed by atoms with E-state index in [2.05, 4.69) is 17.4 Å². The first-order valence-corrected chi connectivity index (χ1v) is 17.3. The summed E-state index contributed by atoms with van der Waals surface area (Å²) in [4.78, 5) is 28.4. The van der Waals surface area contributed by atoms with Gasteiger partial charge in [0.05, 0.1) is 11.9 Å². The molecule has 6 rings (SSSR count). The van der Waals surface area contributed by atoms with Gasteiger partial charge in [0.1, 0.15) is 12.6 Å². The standard InChI is InChI=1S/C33H44ClN3O4S/c1-22(31(39)35-32(2,3)4)36(20-23-6-10-28(34)11-7-23)30(38)21-37(42(5,40)41)29-12-8-27(9-13-29)33-17-24-14-25(18-33)16-26(15-24)19-33/h6-13,22,24-26H,14-21H2,1-5H3,(H,35,39). The number of carbonyl (C=O) groups excluding carboxylic acids is 2. The van der Waals surface area contributed by atoms with Crippen LogP contribution in [0.25, 0.3) is 0 Å². The maximum Gasteiger partial charge on any atom is 0.244 e. The van der Waals surface area contributed by atoms with Crippen LogP contribution < -0.4 is 9.62 Å². The molecule has 4 saturated carbocycles. The predicted octanol–water partition coefficient (Wildman–Crippen LogP) is 5.91. The summed E-state index contributed by atoms with van der Waals surface area (Å²) in [7, 11) is -3.79. The third-order valence-electron chi connectivity index (χ3n) is 9.42. The number of anilines is 1. The molecule has 7 nitrogen and oxygen atoms in total. The first kappa shape index (κ1) is 30.9. The molecule has 2 aromatic rings. The Kier molecular flexibility index (Phi) is 8.45. The Balaban J connectivity index is 1.39. The summed E-state index contributed by atoms with van der Waals surface area (Å²) in [5.41, 5.74) is 2.25. The summed E-state index contributed by atoms with van der Waals surface area (Å²) in [6.07, 6.45) is 8.87. The molecule has 228 valence electrons. The van der Waals surface area contributed by atoms with Crippen molar-refractivity contribution in [1.82, 2.24) is 10.2 Å². The molecule has 0 saturated heterocycles. The molecule has 4 bridgehead atoms. The van der Waals surface area contributed by atoms with Gasteiger partial charge in [0, 0.05) is 17.1 Å². The Labute approximate surface area is 256 Å². The number of amides is 2. The van der Waals surface area contributed by atoms with Gasteiger partial charge in [0.25, 0.3) is 0 Å². The number of rotatable bonds is 9. The maximum absolute atomic E-state index is 13.9. The first-order chi connectivity index (χ1) is 19.6. The Morgan fingerprint density at radius 2 is 1.48 bits per heavy atom. The average molecular weight is 614 g/mol. The SMILES string of the molecule is CC(C(=O)NC(C)(C)C)N(Cc1ccc(Cl)cc1)C(=O)CN(c1ccc(C23CC4CC(CC(C4)C2)C3)cc1)S(C)(=O)=O. The normalized spacial score (nSPS) is 25.6. The summed E-state index contributed by atoms with van der Waals surface area (Å²) >= 11 is 6.06. The summed E-state index contributed by atoms with van der Waals surface area (Å²) in [6.45, 7) is 7.03. The molecule has 4 aliphatic rings. The van der Waals surface area contributed by atoms with Crippen LogP contribution in [0, 0.1) is 17.8 Å². The second kappa shape index (κ2) is 11.5. The van der Waals surface area contributed by atoms with Crippen LogP contribution in [0.1, 0.15) is 77.3 Å². The predicted molar refractivity (Wildman–Crippen MR) is 168 cm³/mol. The Morgan fingerprint density at radius 1 is 0.952 bits per heavy atom. The second-order valence-electron chi connectivity index (χ2n) is 14.1. The number of hydrogen-bond acceptors (Lipinski definition) is 4. The lowest BCUT2D eigenvalue weighted by Crippen LogP contribution is -2.54. The molecule has 0 heterocycles. The molecule has 4 fully saturated rings. The average Bonchev–Trinajstić information content (AvgIpc) is 2.88. The van der Waals surface area contributed by atoms with Gasteiger partial charge in [-0.05, 0) is 125 Å². The van der Waals surface area contributed by atoms with Crippen LogP contribution in [0.3, 0.4) is 0 Å². The molecular formula is C33H44ClN3O4S. The molecule has 0 spiro atoms. The van der Waals surface area contributed by atoms with E-state index in [1.54, 1.807) is 31.2 Å². The Hall–Kier alpha value is -2.58. The van der Waals surface area contributed by atoms with E-state index in [1.807, 2.05) is 32.9 Å². The fourth-order valence-electron chi connectivity index (χ4n) is 7.90. The molecule has 2 amide bonds. The van der Waals surface area contributed by atoms with E-state index >= 15 is 0 Å². The topological polar surface area (TPSA) is 86.8 Å². The maximum atomic E-state index is 13.9. The van der Waals surface area contributed by atoms with E-state index in [-0.39, 0.29) is 17.9 Å². The van der Waals surface area contributed by atoms with Crippen molar-refractivity contribution in [2.45, 2.75) is 89.8 Å². The van der Waals surface area contributed by atoms with Crippen molar-refractivity contribution in [2.75, 3.05) is 17.1 Å². The van der Waals surface area contributed by atoms with E-state index < -0.39 is 34.1 Å². The zero-order chi connectivity index (χ0) is 30.4. The molecule has 4 aliphatic carbocycles. The largest absolute Gasteiger partial charge is 0.350 e. The van der Waals surface area contributed by atoms with Gasteiger partial charge in [-0.1, -0.05) is 35.9 Å². The number of halogens is 1. The van der Waals surface area contributed by atoms with Crippen molar-refractivity contribution in [3.05, 3.63) is 64.7 Å². The fourth-order valence-corrected chi connectivity index (χ4v) is 8.88. The van der Waals surface area contributed by atoms with E-state index in [4.69, 9.17) is 11.6 Å². The number of sulfonamides is 1. The second-order valence-corrected chi connectivity index (χ2v) is 16.4. The Morgan fingerprint density at radius 3 is 1.95 bits per heavy atom. The van der Waals surface area contributed by atoms with Crippen LogP contribution >= 0.6 is 11.6 Å². The van der Waals surface area contributed by atoms with Crippen molar-refractivity contribution in [1.29, 1.82) is 0 Å². The molecule has 0 radical (unpaired) electrons. The van der Waals surface area contributed by atoms with Gasteiger partial charge in [-0.3, -0.25) is 13.9 Å². The number of hydrogen-bond donors (Lipinski definition) is 1. The molecule has 0 aromatic heterocycles. The minimum atomic E-state index is -3.79. The smallest absolute Gasteiger partial charge is 0.244 e. The highest BCUT2D eigenvalue weighted by atomic mass is 35.5. The third-order valence-corrected chi connectivity index (χ3v) is 10.8. The molecule has 0 aliphatic heterocycles. The quantitative estimate of drug-likeness (QED) is 0.381. The lowest BCUT2D eigenvalue weighted by Gasteiger charge is -2.57. The summed E-state index contributed by atoms with van der Waals surface area (Å²) in [5.74, 6) is 1.66. The molecule has 42 heavy (non-hydrogen) atoms. The van der Waals surface area contributed by atoms with E-state index in [0.29, 0.717) is 10.7 Å². The van der Waals surface area contributed by atoms with Gasteiger partial charge >= 0.3 is 0 Å². The van der Waals surface area contributed by atoms with E-state index in [9.17, 15) is 18.0 Å². The van der Waals surface area contributed by atoms with Crippen molar-refractivity contribution in [3.8, 4) is 0 Å². The highest BCUT2D eigenvalue weighted by Gasteiger charge is 2.51. The minimum absolute atomic E-state index is 0.136. The van der Waals surface area contributed by atoms with Crippen molar-refractivity contribution >= 4 is 39.1 Å². The number of nitrogens with zero attached hydrogens (tertiary/aromatic N) is 2. The molecular weight excluding hydrogens is 570 g/mol. The van der Waals surface area contributed by atoms with Crippen LogP contribution in [0.2, 0.25) is 5.02 Å². The van der Waals surface area contributed by atoms with Gasteiger partial charge in [-0.25, -0.2) is 8.42 Å². The van der Waals surface area contributed by atoms with Crippen molar-refractivity contribution in [2.24, 2.45) is 17.8 Å². The van der Waals surface area contributed by atoms with Crippen LogP contribution in [-0.2, 0) is 31.6 Å².